The number of amides is 1. The van der Waals surface area contributed by atoms with Crippen LogP contribution in [0.5, 0.6) is 0 Å². The first-order valence-corrected chi connectivity index (χ1v) is 7.58. The summed E-state index contributed by atoms with van der Waals surface area (Å²) >= 11 is 0. The molecule has 0 saturated heterocycles. The van der Waals surface area contributed by atoms with E-state index in [-0.39, 0.29) is 11.7 Å². The highest BCUT2D eigenvalue weighted by Gasteiger charge is 2.66. The average Bonchev–Trinajstić information content (AvgIpc) is 2.90. The van der Waals surface area contributed by atoms with E-state index >= 15 is 0 Å². The van der Waals surface area contributed by atoms with Gasteiger partial charge in [-0.25, -0.2) is 9.07 Å². The van der Waals surface area contributed by atoms with Crippen LogP contribution in [0, 0.1) is 30.0 Å². The Morgan fingerprint density at radius 1 is 1.25 bits per heavy atom. The van der Waals surface area contributed by atoms with Gasteiger partial charge in [-0.05, 0) is 36.6 Å². The number of nitrogens with one attached hydrogen (secondary N) is 1. The Labute approximate surface area is 138 Å². The molecule has 126 valence electrons. The van der Waals surface area contributed by atoms with Gasteiger partial charge in [0.05, 0.1) is 23.2 Å². The molecular formula is C17H18FN3O3. The highest BCUT2D eigenvalue weighted by atomic mass is 19.1. The molecule has 0 radical (unpaired) electrons. The first kappa shape index (κ1) is 16.2. The van der Waals surface area contributed by atoms with Crippen LogP contribution in [0.1, 0.15) is 19.5 Å². The molecule has 7 heteroatoms. The Morgan fingerprint density at radius 2 is 1.88 bits per heavy atom. The maximum atomic E-state index is 13.1. The Balaban J connectivity index is 1.85. The summed E-state index contributed by atoms with van der Waals surface area (Å²) < 4.78 is 14.6. The number of rotatable bonds is 4. The van der Waals surface area contributed by atoms with E-state index in [1.54, 1.807) is 39.0 Å². The lowest BCUT2D eigenvalue weighted by Crippen LogP contribution is -2.19. The predicted octanol–water partition coefficient (Wildman–Crippen LogP) is 2.62. The van der Waals surface area contributed by atoms with Crippen LogP contribution in [0.25, 0.3) is 5.69 Å². The lowest BCUT2D eigenvalue weighted by atomic mass is 10.1. The smallest absolute Gasteiger partial charge is 0.307 e. The summed E-state index contributed by atoms with van der Waals surface area (Å²) in [6, 6.07) is 7.41. The van der Waals surface area contributed by atoms with E-state index in [1.807, 2.05) is 0 Å². The second-order valence-electron chi connectivity index (χ2n) is 6.66. The molecule has 0 spiro atoms. The molecule has 1 aromatic carbocycles. The van der Waals surface area contributed by atoms with Crippen LogP contribution in [0.2, 0.25) is 0 Å². The number of hydrogen-bond acceptors (Lipinski definition) is 3. The summed E-state index contributed by atoms with van der Waals surface area (Å²) in [4.78, 5) is 23.7. The number of aryl methyl sites for hydroxylation is 1. The number of carbonyl (C=O) groups is 2. The summed E-state index contributed by atoms with van der Waals surface area (Å²) in [7, 11) is 0. The highest BCUT2D eigenvalue weighted by molar-refractivity contribution is 5.99. The van der Waals surface area contributed by atoms with Gasteiger partial charge in [-0.3, -0.25) is 9.59 Å². The van der Waals surface area contributed by atoms with Gasteiger partial charge in [0.2, 0.25) is 5.91 Å². The lowest BCUT2D eigenvalue weighted by molar-refractivity contribution is -0.140. The molecule has 2 atom stereocenters. The number of halogens is 1. The monoisotopic (exact) mass is 331 g/mol. The van der Waals surface area contributed by atoms with E-state index in [0.29, 0.717) is 17.2 Å². The highest BCUT2D eigenvalue weighted by Crippen LogP contribution is 2.58. The molecule has 6 nitrogen and oxygen atoms in total. The molecule has 24 heavy (non-hydrogen) atoms. The molecule has 1 saturated carbocycles. The zero-order valence-electron chi connectivity index (χ0n) is 13.6. The van der Waals surface area contributed by atoms with Crippen LogP contribution in [0.15, 0.2) is 30.3 Å². The first-order valence-electron chi connectivity index (χ1n) is 7.58. The van der Waals surface area contributed by atoms with Crippen molar-refractivity contribution in [1.82, 2.24) is 9.78 Å². The number of nitrogens with zero attached hydrogens (tertiary/aromatic N) is 2. The summed E-state index contributed by atoms with van der Waals surface area (Å²) in [5.41, 5.74) is 0.704. The topological polar surface area (TPSA) is 84.2 Å². The van der Waals surface area contributed by atoms with Crippen molar-refractivity contribution in [2.24, 2.45) is 17.3 Å². The van der Waals surface area contributed by atoms with Gasteiger partial charge in [-0.15, -0.1) is 0 Å². The van der Waals surface area contributed by atoms with Crippen molar-refractivity contribution >= 4 is 17.7 Å². The molecule has 1 fully saturated rings. The second kappa shape index (κ2) is 5.43. The van der Waals surface area contributed by atoms with Gasteiger partial charge in [0.1, 0.15) is 11.6 Å². The average molecular weight is 331 g/mol. The second-order valence-corrected chi connectivity index (χ2v) is 6.66. The minimum absolute atomic E-state index is 0.351. The summed E-state index contributed by atoms with van der Waals surface area (Å²) in [6.45, 7) is 5.30. The molecule has 0 aliphatic heterocycles. The van der Waals surface area contributed by atoms with Crippen molar-refractivity contribution in [1.29, 1.82) is 0 Å². The summed E-state index contributed by atoms with van der Waals surface area (Å²) in [6.07, 6.45) is 0. The van der Waals surface area contributed by atoms with Crippen molar-refractivity contribution in [3.05, 3.63) is 41.8 Å². The number of benzene rings is 1. The van der Waals surface area contributed by atoms with E-state index in [1.165, 1.54) is 16.8 Å². The Hall–Kier alpha value is -2.70. The van der Waals surface area contributed by atoms with Gasteiger partial charge >= 0.3 is 5.97 Å². The lowest BCUT2D eigenvalue weighted by Gasteiger charge is -2.09. The number of aromatic nitrogens is 2. The fraction of sp³-hybridized carbons (Fsp3) is 0.353. The van der Waals surface area contributed by atoms with Crippen molar-refractivity contribution in [3.63, 3.8) is 0 Å². The van der Waals surface area contributed by atoms with Gasteiger partial charge in [-0.2, -0.15) is 5.10 Å². The van der Waals surface area contributed by atoms with Crippen LogP contribution in [-0.4, -0.2) is 26.8 Å². The van der Waals surface area contributed by atoms with Crippen molar-refractivity contribution in [2.75, 3.05) is 5.32 Å². The summed E-state index contributed by atoms with van der Waals surface area (Å²) in [5.74, 6) is -2.54. The van der Waals surface area contributed by atoms with E-state index < -0.39 is 23.2 Å². The number of hydrogen-bond donors (Lipinski definition) is 2. The van der Waals surface area contributed by atoms with Crippen molar-refractivity contribution < 1.29 is 19.1 Å². The summed E-state index contributed by atoms with van der Waals surface area (Å²) in [5, 5.41) is 16.3. The third-order valence-corrected chi connectivity index (χ3v) is 4.53. The van der Waals surface area contributed by atoms with Crippen molar-refractivity contribution in [3.8, 4) is 5.69 Å². The minimum atomic E-state index is -0.969. The van der Waals surface area contributed by atoms with Gasteiger partial charge in [0.15, 0.2) is 0 Å². The van der Waals surface area contributed by atoms with Crippen LogP contribution in [0.4, 0.5) is 10.2 Å². The first-order chi connectivity index (χ1) is 11.2. The van der Waals surface area contributed by atoms with Gasteiger partial charge in [-0.1, -0.05) is 13.8 Å². The van der Waals surface area contributed by atoms with E-state index in [0.717, 1.165) is 0 Å². The maximum absolute atomic E-state index is 13.1. The van der Waals surface area contributed by atoms with Gasteiger partial charge < -0.3 is 10.4 Å². The molecule has 3 rings (SSSR count). The third-order valence-electron chi connectivity index (χ3n) is 4.53. The fourth-order valence-corrected chi connectivity index (χ4v) is 3.16. The zero-order chi connectivity index (χ0) is 17.6. The molecule has 1 aliphatic carbocycles. The van der Waals surface area contributed by atoms with Crippen LogP contribution >= 0.6 is 0 Å². The number of carbonyl (C=O) groups excluding carboxylic acids is 1. The van der Waals surface area contributed by atoms with Gasteiger partial charge in [0.25, 0.3) is 0 Å². The van der Waals surface area contributed by atoms with E-state index in [9.17, 15) is 19.1 Å². The zero-order valence-corrected chi connectivity index (χ0v) is 13.6. The maximum Gasteiger partial charge on any atom is 0.307 e. The number of aliphatic carboxylic acids is 1. The quantitative estimate of drug-likeness (QED) is 0.902. The minimum Gasteiger partial charge on any atom is -0.481 e. The number of carboxylic acids is 1. The Morgan fingerprint density at radius 3 is 2.42 bits per heavy atom. The van der Waals surface area contributed by atoms with Crippen LogP contribution < -0.4 is 5.32 Å². The van der Waals surface area contributed by atoms with Gasteiger partial charge in [0, 0.05) is 6.07 Å². The molecule has 1 amide bonds. The number of anilines is 1. The molecule has 1 aliphatic rings. The van der Waals surface area contributed by atoms with E-state index in [2.05, 4.69) is 10.4 Å². The normalized spacial score (nSPS) is 21.3. The molecule has 0 unspecified atom stereocenters. The van der Waals surface area contributed by atoms with Crippen molar-refractivity contribution in [2.45, 2.75) is 20.8 Å². The predicted molar refractivity (Wildman–Crippen MR) is 85.3 cm³/mol. The van der Waals surface area contributed by atoms with Crippen LogP contribution in [0.3, 0.4) is 0 Å². The molecule has 1 heterocycles. The SMILES string of the molecule is Cc1cc(NC(=O)[C@@H]2[C@@H](C(=O)O)C2(C)C)n(-c2ccc(F)cc2)n1. The molecule has 0 bridgehead atoms. The third kappa shape index (κ3) is 2.66. The number of carboxylic acid groups (broad SMARTS) is 1. The molecule has 2 N–H and O–H groups in total. The fourth-order valence-electron chi connectivity index (χ4n) is 3.16. The van der Waals surface area contributed by atoms with Crippen LogP contribution in [-0.2, 0) is 9.59 Å². The standard InChI is InChI=1S/C17H18FN3O3/c1-9-8-12(21(20-9)11-6-4-10(18)5-7-11)19-15(22)13-14(16(23)24)17(13,2)3/h4-8,13-14H,1-3H3,(H,19,22)(H,23,24)/t13-,14-/m0/s1. The van der Waals surface area contributed by atoms with E-state index in [4.69, 9.17) is 0 Å². The molecule has 2 aromatic rings. The molecule has 1 aromatic heterocycles. The molecular weight excluding hydrogens is 313 g/mol. The largest absolute Gasteiger partial charge is 0.481 e. The Bertz CT molecular complexity index is 811. The Kier molecular flexibility index (Phi) is 3.66.